The van der Waals surface area contributed by atoms with Crippen LogP contribution in [0.15, 0.2) is 0 Å². The van der Waals surface area contributed by atoms with Crippen molar-refractivity contribution < 1.29 is 19.2 Å². The zero-order chi connectivity index (χ0) is 21.7. The second-order valence-corrected chi connectivity index (χ2v) is 10.0. The van der Waals surface area contributed by atoms with Gasteiger partial charge in [0, 0.05) is 36.8 Å². The molecule has 30 heavy (non-hydrogen) atoms. The van der Waals surface area contributed by atoms with Gasteiger partial charge in [-0.15, -0.1) is 0 Å². The molecular formula is C24H38N2O4. The smallest absolute Gasteiger partial charge is 0.223 e. The van der Waals surface area contributed by atoms with Crippen molar-refractivity contribution in [2.24, 2.45) is 29.6 Å². The number of hydrogen-bond donors (Lipinski definition) is 2. The highest BCUT2D eigenvalue weighted by molar-refractivity contribution is 5.81. The largest absolute Gasteiger partial charge is 0.356 e. The Labute approximate surface area is 180 Å². The Morgan fingerprint density at radius 3 is 1.90 bits per heavy atom. The van der Waals surface area contributed by atoms with Crippen LogP contribution in [0.1, 0.15) is 84.5 Å². The van der Waals surface area contributed by atoms with E-state index in [4.69, 9.17) is 0 Å². The number of nitrogens with one attached hydrogen (secondary N) is 2. The van der Waals surface area contributed by atoms with Gasteiger partial charge in [-0.3, -0.25) is 19.2 Å². The maximum absolute atomic E-state index is 12.6. The number of carbonyl (C=O) groups excluding carboxylic acids is 4. The van der Waals surface area contributed by atoms with E-state index in [0.717, 1.165) is 64.2 Å². The van der Waals surface area contributed by atoms with Crippen LogP contribution in [0.25, 0.3) is 0 Å². The van der Waals surface area contributed by atoms with Crippen molar-refractivity contribution in [2.45, 2.75) is 90.5 Å². The molecule has 4 atom stereocenters. The third-order valence-corrected chi connectivity index (χ3v) is 7.74. The highest BCUT2D eigenvalue weighted by Gasteiger charge is 2.33. The van der Waals surface area contributed by atoms with Crippen molar-refractivity contribution in [3.05, 3.63) is 0 Å². The van der Waals surface area contributed by atoms with Gasteiger partial charge in [0.15, 0.2) is 0 Å². The lowest BCUT2D eigenvalue weighted by Crippen LogP contribution is -2.41. The summed E-state index contributed by atoms with van der Waals surface area (Å²) in [6, 6.07) is 0.195. The van der Waals surface area contributed by atoms with Crippen molar-refractivity contribution in [3.63, 3.8) is 0 Å². The van der Waals surface area contributed by atoms with E-state index in [9.17, 15) is 19.2 Å². The average molecular weight is 419 g/mol. The van der Waals surface area contributed by atoms with Crippen molar-refractivity contribution in [1.29, 1.82) is 0 Å². The van der Waals surface area contributed by atoms with E-state index < -0.39 is 0 Å². The van der Waals surface area contributed by atoms with Crippen LogP contribution in [0.5, 0.6) is 0 Å². The molecule has 0 aromatic carbocycles. The molecule has 0 bridgehead atoms. The Kier molecular flexibility index (Phi) is 8.06. The van der Waals surface area contributed by atoms with Crippen LogP contribution in [0, 0.1) is 29.6 Å². The van der Waals surface area contributed by atoms with E-state index >= 15 is 0 Å². The lowest BCUT2D eigenvalue weighted by atomic mass is 9.83. The Bertz CT molecular complexity index is 654. The normalized spacial score (nSPS) is 33.8. The SMILES string of the molecule is CC(=O)C1CCC(NC(=O)C2CCC(CC(=O)NCC3CCC(C(C)=O)C3)C2)CC1. The molecule has 6 heteroatoms. The van der Waals surface area contributed by atoms with Crippen LogP contribution in [0.3, 0.4) is 0 Å². The summed E-state index contributed by atoms with van der Waals surface area (Å²) in [7, 11) is 0. The van der Waals surface area contributed by atoms with Gasteiger partial charge < -0.3 is 10.6 Å². The minimum Gasteiger partial charge on any atom is -0.356 e. The van der Waals surface area contributed by atoms with Crippen LogP contribution in [0.2, 0.25) is 0 Å². The van der Waals surface area contributed by atoms with Crippen LogP contribution in [-0.4, -0.2) is 36.0 Å². The summed E-state index contributed by atoms with van der Waals surface area (Å²) in [4.78, 5) is 48.0. The molecule has 0 radical (unpaired) electrons. The lowest BCUT2D eigenvalue weighted by molar-refractivity contribution is -0.127. The monoisotopic (exact) mass is 418 g/mol. The standard InChI is InChI=1S/C24H38N2O4/c1-15(27)19-7-9-22(10-8-19)26-24(30)21-6-3-17(11-21)13-23(29)25-14-18-4-5-20(12-18)16(2)28/h17-22H,3-14H2,1-2H3,(H,25,29)(H,26,30). The minimum absolute atomic E-state index is 0.0134. The second kappa shape index (κ2) is 10.5. The van der Waals surface area contributed by atoms with Crippen molar-refractivity contribution in [3.8, 4) is 0 Å². The van der Waals surface area contributed by atoms with Gasteiger partial charge in [0.05, 0.1) is 0 Å². The summed E-state index contributed by atoms with van der Waals surface area (Å²) in [5, 5.41) is 6.25. The van der Waals surface area contributed by atoms with Gasteiger partial charge in [0.1, 0.15) is 11.6 Å². The van der Waals surface area contributed by atoms with Gasteiger partial charge >= 0.3 is 0 Å². The van der Waals surface area contributed by atoms with Gasteiger partial charge in [-0.05, 0) is 89.9 Å². The molecule has 0 heterocycles. The predicted octanol–water partition coefficient (Wildman–Crippen LogP) is 3.18. The summed E-state index contributed by atoms with van der Waals surface area (Å²) >= 11 is 0. The van der Waals surface area contributed by atoms with E-state index in [2.05, 4.69) is 10.6 Å². The topological polar surface area (TPSA) is 92.3 Å². The molecule has 3 fully saturated rings. The summed E-state index contributed by atoms with van der Waals surface area (Å²) in [5.41, 5.74) is 0. The van der Waals surface area contributed by atoms with Gasteiger partial charge in [0.25, 0.3) is 0 Å². The van der Waals surface area contributed by atoms with Crippen LogP contribution >= 0.6 is 0 Å². The van der Waals surface area contributed by atoms with Gasteiger partial charge in [-0.25, -0.2) is 0 Å². The molecule has 0 aromatic heterocycles. The Balaban J connectivity index is 1.32. The number of Topliss-reactive ketones (excluding diaryl/α,β-unsaturated/α-hetero) is 2. The summed E-state index contributed by atoms with van der Waals surface area (Å²) in [5.74, 6) is 1.81. The molecule has 0 aliphatic heterocycles. The van der Waals surface area contributed by atoms with Crippen molar-refractivity contribution in [2.75, 3.05) is 6.54 Å². The molecule has 0 saturated heterocycles. The molecular weight excluding hydrogens is 380 g/mol. The van der Waals surface area contributed by atoms with Crippen molar-refractivity contribution in [1.82, 2.24) is 10.6 Å². The van der Waals surface area contributed by atoms with E-state index in [0.29, 0.717) is 18.9 Å². The molecule has 0 spiro atoms. The van der Waals surface area contributed by atoms with Crippen LogP contribution in [-0.2, 0) is 19.2 Å². The fourth-order valence-corrected chi connectivity index (χ4v) is 5.68. The zero-order valence-electron chi connectivity index (χ0n) is 18.6. The average Bonchev–Trinajstić information content (AvgIpc) is 3.36. The molecule has 0 aromatic rings. The van der Waals surface area contributed by atoms with Crippen molar-refractivity contribution >= 4 is 23.4 Å². The van der Waals surface area contributed by atoms with Gasteiger partial charge in [0.2, 0.25) is 11.8 Å². The maximum atomic E-state index is 12.6. The Morgan fingerprint density at radius 2 is 1.27 bits per heavy atom. The summed E-state index contributed by atoms with van der Waals surface area (Å²) in [6.07, 6.45) is 9.47. The maximum Gasteiger partial charge on any atom is 0.223 e. The minimum atomic E-state index is 0.0134. The highest BCUT2D eigenvalue weighted by Crippen LogP contribution is 2.34. The number of hydrogen-bond acceptors (Lipinski definition) is 4. The fraction of sp³-hybridized carbons (Fsp3) is 0.833. The predicted molar refractivity (Wildman–Crippen MR) is 115 cm³/mol. The first-order chi connectivity index (χ1) is 14.3. The summed E-state index contributed by atoms with van der Waals surface area (Å²) < 4.78 is 0. The fourth-order valence-electron chi connectivity index (χ4n) is 5.68. The van der Waals surface area contributed by atoms with E-state index in [1.54, 1.807) is 13.8 Å². The molecule has 6 nitrogen and oxygen atoms in total. The van der Waals surface area contributed by atoms with Gasteiger partial charge in [-0.1, -0.05) is 0 Å². The number of amides is 2. The number of carbonyl (C=O) groups is 4. The molecule has 3 rings (SSSR count). The molecule has 168 valence electrons. The first-order valence-corrected chi connectivity index (χ1v) is 11.9. The number of rotatable bonds is 8. The van der Waals surface area contributed by atoms with Crippen LogP contribution in [0.4, 0.5) is 0 Å². The third kappa shape index (κ3) is 6.39. The Morgan fingerprint density at radius 1 is 0.700 bits per heavy atom. The third-order valence-electron chi connectivity index (χ3n) is 7.74. The van der Waals surface area contributed by atoms with E-state index in [-0.39, 0.29) is 53.1 Å². The quantitative estimate of drug-likeness (QED) is 0.633. The molecule has 3 saturated carbocycles. The highest BCUT2D eigenvalue weighted by atomic mass is 16.2. The lowest BCUT2D eigenvalue weighted by Gasteiger charge is -2.28. The molecule has 3 aliphatic carbocycles. The number of ketones is 2. The first kappa shape index (κ1) is 23.0. The molecule has 4 unspecified atom stereocenters. The molecule has 3 aliphatic rings. The molecule has 2 amide bonds. The first-order valence-electron chi connectivity index (χ1n) is 11.9. The second-order valence-electron chi connectivity index (χ2n) is 10.0. The van der Waals surface area contributed by atoms with Gasteiger partial charge in [-0.2, -0.15) is 0 Å². The summed E-state index contributed by atoms with van der Waals surface area (Å²) in [6.45, 7) is 3.99. The Hall–Kier alpha value is -1.72. The van der Waals surface area contributed by atoms with E-state index in [1.807, 2.05) is 0 Å². The molecule has 2 N–H and O–H groups in total. The van der Waals surface area contributed by atoms with E-state index in [1.165, 1.54) is 0 Å². The zero-order valence-corrected chi connectivity index (χ0v) is 18.6. The van der Waals surface area contributed by atoms with Crippen LogP contribution < -0.4 is 10.6 Å².